The van der Waals surface area contributed by atoms with Crippen molar-refractivity contribution < 1.29 is 14.7 Å². The van der Waals surface area contributed by atoms with Crippen LogP contribution in [0.1, 0.15) is 29.2 Å². The zero-order valence-corrected chi connectivity index (χ0v) is 16.6. The summed E-state index contributed by atoms with van der Waals surface area (Å²) < 4.78 is 0. The molecular formula is C23H26N2O3. The van der Waals surface area contributed by atoms with Gasteiger partial charge in [0, 0.05) is 12.1 Å². The second-order valence-corrected chi connectivity index (χ2v) is 7.43. The fraction of sp³-hybridized carbons (Fsp3) is 0.304. The van der Waals surface area contributed by atoms with E-state index >= 15 is 0 Å². The summed E-state index contributed by atoms with van der Waals surface area (Å²) in [6.07, 6.45) is 0.744. The Balaban J connectivity index is 2.07. The van der Waals surface area contributed by atoms with Gasteiger partial charge in [-0.2, -0.15) is 0 Å². The van der Waals surface area contributed by atoms with Crippen LogP contribution in [0.5, 0.6) is 0 Å². The van der Waals surface area contributed by atoms with Crippen molar-refractivity contribution in [3.05, 3.63) is 76.9 Å². The summed E-state index contributed by atoms with van der Waals surface area (Å²) in [5.74, 6) is -1.31. The Hall–Kier alpha value is -2.92. The van der Waals surface area contributed by atoms with Crippen LogP contribution in [0.4, 0.5) is 0 Å². The molecule has 0 saturated carbocycles. The van der Waals surface area contributed by atoms with Crippen molar-refractivity contribution >= 4 is 17.4 Å². The molecule has 0 spiro atoms. The topological polar surface area (TPSA) is 60.9 Å². The number of likely N-dealkylation sites (tertiary alicyclic amines) is 1. The highest BCUT2D eigenvalue weighted by atomic mass is 16.3. The minimum absolute atomic E-state index is 0.125. The fourth-order valence-corrected chi connectivity index (χ4v) is 3.51. The fourth-order valence-electron chi connectivity index (χ4n) is 3.51. The van der Waals surface area contributed by atoms with Crippen LogP contribution >= 0.6 is 0 Å². The van der Waals surface area contributed by atoms with Gasteiger partial charge in [0.15, 0.2) is 0 Å². The van der Waals surface area contributed by atoms with E-state index in [2.05, 4.69) is 0 Å². The second-order valence-electron chi connectivity index (χ2n) is 7.43. The van der Waals surface area contributed by atoms with Gasteiger partial charge in [-0.05, 0) is 39.5 Å². The van der Waals surface area contributed by atoms with Crippen molar-refractivity contribution in [3.8, 4) is 0 Å². The maximum atomic E-state index is 12.9. The number of benzene rings is 2. The molecule has 5 nitrogen and oxygen atoms in total. The first-order chi connectivity index (χ1) is 13.4. The standard InChI is InChI=1S/C23H26N2O3/c1-16-10-12-17(13-11-16)20-19(21(26)18-8-5-4-6-9-18)22(27)23(28)25(20)15-7-14-24(2)3/h4-6,8-13,20,26H,7,14-15H2,1-3H3. The predicted molar refractivity (Wildman–Crippen MR) is 110 cm³/mol. The van der Waals surface area contributed by atoms with Gasteiger partial charge in [0.25, 0.3) is 11.7 Å². The highest BCUT2D eigenvalue weighted by Gasteiger charge is 2.45. The molecule has 0 bridgehead atoms. The number of carbonyl (C=O) groups is 2. The molecule has 0 aromatic heterocycles. The smallest absolute Gasteiger partial charge is 0.295 e. The summed E-state index contributed by atoms with van der Waals surface area (Å²) >= 11 is 0. The van der Waals surface area contributed by atoms with Crippen molar-refractivity contribution in [1.29, 1.82) is 0 Å². The predicted octanol–water partition coefficient (Wildman–Crippen LogP) is 3.37. The molecule has 1 fully saturated rings. The summed E-state index contributed by atoms with van der Waals surface area (Å²) in [7, 11) is 3.95. The van der Waals surface area contributed by atoms with E-state index in [9.17, 15) is 14.7 Å². The molecule has 2 aromatic rings. The number of aliphatic hydroxyl groups excluding tert-OH is 1. The van der Waals surface area contributed by atoms with Crippen LogP contribution in [-0.2, 0) is 9.59 Å². The van der Waals surface area contributed by atoms with E-state index in [1.165, 1.54) is 0 Å². The number of hydrogen-bond acceptors (Lipinski definition) is 4. The largest absolute Gasteiger partial charge is 0.507 e. The lowest BCUT2D eigenvalue weighted by atomic mass is 9.94. The quantitative estimate of drug-likeness (QED) is 0.476. The van der Waals surface area contributed by atoms with Gasteiger partial charge in [0.1, 0.15) is 5.76 Å². The Kier molecular flexibility index (Phi) is 5.95. The Bertz CT molecular complexity index is 886. The molecule has 1 heterocycles. The van der Waals surface area contributed by atoms with Crippen molar-refractivity contribution in [1.82, 2.24) is 9.80 Å². The lowest BCUT2D eigenvalue weighted by molar-refractivity contribution is -0.139. The number of Topliss-reactive ketones (excluding diaryl/α,β-unsaturated/α-hetero) is 1. The van der Waals surface area contributed by atoms with Gasteiger partial charge in [-0.3, -0.25) is 9.59 Å². The molecule has 1 aliphatic heterocycles. The van der Waals surface area contributed by atoms with Gasteiger partial charge in [-0.15, -0.1) is 0 Å². The number of hydrogen-bond donors (Lipinski definition) is 1. The second kappa shape index (κ2) is 8.40. The van der Waals surface area contributed by atoms with E-state index in [1.54, 1.807) is 29.2 Å². The number of amides is 1. The van der Waals surface area contributed by atoms with Gasteiger partial charge in [0.2, 0.25) is 0 Å². The molecule has 3 rings (SSSR count). The maximum absolute atomic E-state index is 12.9. The highest BCUT2D eigenvalue weighted by Crippen LogP contribution is 2.39. The summed E-state index contributed by atoms with van der Waals surface area (Å²) in [5, 5.41) is 10.9. The molecule has 146 valence electrons. The first-order valence-electron chi connectivity index (χ1n) is 9.45. The number of aliphatic hydroxyl groups is 1. The van der Waals surface area contributed by atoms with E-state index in [-0.39, 0.29) is 11.3 Å². The Morgan fingerprint density at radius 1 is 1.04 bits per heavy atom. The lowest BCUT2D eigenvalue weighted by Crippen LogP contribution is -2.32. The van der Waals surface area contributed by atoms with Crippen molar-refractivity contribution in [2.24, 2.45) is 0 Å². The Morgan fingerprint density at radius 2 is 1.68 bits per heavy atom. The van der Waals surface area contributed by atoms with Crippen molar-refractivity contribution in [2.75, 3.05) is 27.2 Å². The molecule has 1 amide bonds. The highest BCUT2D eigenvalue weighted by molar-refractivity contribution is 6.46. The van der Waals surface area contributed by atoms with Crippen LogP contribution < -0.4 is 0 Å². The number of nitrogens with zero attached hydrogens (tertiary/aromatic N) is 2. The third-order valence-electron chi connectivity index (χ3n) is 4.98. The van der Waals surface area contributed by atoms with Crippen LogP contribution in [0, 0.1) is 6.92 Å². The first-order valence-corrected chi connectivity index (χ1v) is 9.45. The van der Waals surface area contributed by atoms with Gasteiger partial charge >= 0.3 is 0 Å². The zero-order valence-electron chi connectivity index (χ0n) is 16.6. The van der Waals surface area contributed by atoms with Crippen molar-refractivity contribution in [2.45, 2.75) is 19.4 Å². The summed E-state index contributed by atoms with van der Waals surface area (Å²) in [5.41, 5.74) is 2.61. The van der Waals surface area contributed by atoms with Gasteiger partial charge in [0.05, 0.1) is 11.6 Å². The average molecular weight is 378 g/mol. The minimum atomic E-state index is -0.628. The SMILES string of the molecule is Cc1ccc(C2C(=C(O)c3ccccc3)C(=O)C(=O)N2CCCN(C)C)cc1. The number of rotatable bonds is 6. The molecule has 1 atom stereocenters. The molecule has 1 unspecified atom stereocenters. The monoisotopic (exact) mass is 378 g/mol. The normalized spacial score (nSPS) is 18.9. The van der Waals surface area contributed by atoms with E-state index in [0.717, 1.165) is 24.1 Å². The first kappa shape index (κ1) is 19.8. The number of ketones is 1. The molecule has 1 aliphatic rings. The Morgan fingerprint density at radius 3 is 2.29 bits per heavy atom. The van der Waals surface area contributed by atoms with Gasteiger partial charge in [-0.1, -0.05) is 60.2 Å². The van der Waals surface area contributed by atoms with E-state index < -0.39 is 17.7 Å². The summed E-state index contributed by atoms with van der Waals surface area (Å²) in [4.78, 5) is 29.3. The molecule has 28 heavy (non-hydrogen) atoms. The zero-order chi connectivity index (χ0) is 20.3. The van der Waals surface area contributed by atoms with Crippen LogP contribution in [0.2, 0.25) is 0 Å². The van der Waals surface area contributed by atoms with E-state index in [4.69, 9.17) is 0 Å². The van der Waals surface area contributed by atoms with Crippen LogP contribution in [0.15, 0.2) is 60.2 Å². The average Bonchev–Trinajstić information content (AvgIpc) is 2.93. The van der Waals surface area contributed by atoms with Gasteiger partial charge < -0.3 is 14.9 Å². The number of aryl methyl sites for hydroxylation is 1. The van der Waals surface area contributed by atoms with Crippen LogP contribution in [-0.4, -0.2) is 53.8 Å². The lowest BCUT2D eigenvalue weighted by Gasteiger charge is -2.26. The van der Waals surface area contributed by atoms with Gasteiger partial charge in [-0.25, -0.2) is 0 Å². The third kappa shape index (κ3) is 3.99. The molecule has 0 aliphatic carbocycles. The van der Waals surface area contributed by atoms with E-state index in [1.807, 2.05) is 56.3 Å². The summed E-state index contributed by atoms with van der Waals surface area (Å²) in [6, 6.07) is 16.1. The molecule has 2 aromatic carbocycles. The molecule has 0 radical (unpaired) electrons. The number of carbonyl (C=O) groups excluding carboxylic acids is 2. The van der Waals surface area contributed by atoms with Crippen molar-refractivity contribution in [3.63, 3.8) is 0 Å². The molecular weight excluding hydrogens is 352 g/mol. The summed E-state index contributed by atoms with van der Waals surface area (Å²) in [6.45, 7) is 3.25. The maximum Gasteiger partial charge on any atom is 0.295 e. The minimum Gasteiger partial charge on any atom is -0.507 e. The van der Waals surface area contributed by atoms with Crippen LogP contribution in [0.3, 0.4) is 0 Å². The van der Waals surface area contributed by atoms with Crippen LogP contribution in [0.25, 0.3) is 5.76 Å². The van der Waals surface area contributed by atoms with E-state index in [0.29, 0.717) is 12.1 Å². The molecule has 5 heteroatoms. The Labute approximate surface area is 165 Å². The molecule has 1 saturated heterocycles. The molecule has 1 N–H and O–H groups in total. The third-order valence-corrected chi connectivity index (χ3v) is 4.98.